The second kappa shape index (κ2) is 9.49. The molecule has 136 valence electrons. The lowest BCUT2D eigenvalue weighted by atomic mass is 9.97. The fraction of sp³-hybridized carbons (Fsp3) is 0.824. The number of piperidine rings is 1. The monoisotopic (exact) mass is 339 g/mol. The van der Waals surface area contributed by atoms with Crippen molar-refractivity contribution in [3.8, 4) is 0 Å². The number of hydrogen-bond donors (Lipinski definition) is 2. The molecular weight excluding hydrogens is 310 g/mol. The Morgan fingerprint density at radius 1 is 0.958 bits per heavy atom. The third kappa shape index (κ3) is 5.69. The van der Waals surface area contributed by atoms with E-state index in [4.69, 9.17) is 4.74 Å². The Bertz CT molecular complexity index is 439. The predicted molar refractivity (Wildman–Crippen MR) is 89.3 cm³/mol. The molecule has 1 saturated carbocycles. The number of rotatable bonds is 3. The van der Waals surface area contributed by atoms with Crippen molar-refractivity contribution in [3.05, 3.63) is 0 Å². The summed E-state index contributed by atoms with van der Waals surface area (Å²) < 4.78 is 4.70. The van der Waals surface area contributed by atoms with Crippen LogP contribution in [0.3, 0.4) is 0 Å². The smallest absolute Gasteiger partial charge is 0.409 e. The van der Waals surface area contributed by atoms with Gasteiger partial charge in [0.05, 0.1) is 7.11 Å². The maximum Gasteiger partial charge on any atom is 0.409 e. The van der Waals surface area contributed by atoms with Crippen LogP contribution in [0.1, 0.15) is 51.4 Å². The number of amides is 3. The number of likely N-dealkylation sites (tertiary alicyclic amines) is 1. The minimum Gasteiger partial charge on any atom is -0.453 e. The third-order valence-electron chi connectivity index (χ3n) is 5.00. The molecule has 0 bridgehead atoms. The van der Waals surface area contributed by atoms with Crippen molar-refractivity contribution >= 4 is 17.9 Å². The van der Waals surface area contributed by atoms with Crippen LogP contribution in [-0.4, -0.2) is 55.6 Å². The Kier molecular flexibility index (Phi) is 7.34. The Hall–Kier alpha value is -1.79. The highest BCUT2D eigenvalue weighted by Gasteiger charge is 2.25. The van der Waals surface area contributed by atoms with Gasteiger partial charge in [0.15, 0.2) is 0 Å². The van der Waals surface area contributed by atoms with Crippen LogP contribution in [0.25, 0.3) is 0 Å². The molecule has 0 aromatic heterocycles. The molecule has 7 nitrogen and oxygen atoms in total. The number of hydrogen-bond acceptors (Lipinski definition) is 4. The van der Waals surface area contributed by atoms with Gasteiger partial charge in [-0.3, -0.25) is 9.59 Å². The molecule has 1 saturated heterocycles. The Balaban J connectivity index is 1.65. The molecule has 2 N–H and O–H groups in total. The molecule has 2 fully saturated rings. The summed E-state index contributed by atoms with van der Waals surface area (Å²) >= 11 is 0. The van der Waals surface area contributed by atoms with E-state index in [1.54, 1.807) is 4.90 Å². The molecular formula is C17H29N3O4. The quantitative estimate of drug-likeness (QED) is 0.601. The molecule has 1 heterocycles. The first-order chi connectivity index (χ1) is 11.6. The van der Waals surface area contributed by atoms with Gasteiger partial charge in [-0.1, -0.05) is 25.7 Å². The van der Waals surface area contributed by atoms with E-state index >= 15 is 0 Å². The Morgan fingerprint density at radius 2 is 1.58 bits per heavy atom. The highest BCUT2D eigenvalue weighted by molar-refractivity contribution is 6.35. The minimum atomic E-state index is -0.547. The van der Waals surface area contributed by atoms with Gasteiger partial charge < -0.3 is 20.3 Å². The predicted octanol–water partition coefficient (Wildman–Crippen LogP) is 1.42. The first-order valence-corrected chi connectivity index (χ1v) is 9.01. The zero-order valence-corrected chi connectivity index (χ0v) is 14.5. The normalized spacial score (nSPS) is 20.1. The Morgan fingerprint density at radius 3 is 2.17 bits per heavy atom. The number of carbonyl (C=O) groups excluding carboxylic acids is 3. The zero-order chi connectivity index (χ0) is 17.4. The van der Waals surface area contributed by atoms with Gasteiger partial charge in [0.1, 0.15) is 0 Å². The summed E-state index contributed by atoms with van der Waals surface area (Å²) in [6, 6.07) is 0.133. The number of nitrogens with zero attached hydrogens (tertiary/aromatic N) is 1. The van der Waals surface area contributed by atoms with Crippen LogP contribution in [0, 0.1) is 5.92 Å². The van der Waals surface area contributed by atoms with Gasteiger partial charge in [-0.15, -0.1) is 0 Å². The van der Waals surface area contributed by atoms with Crippen LogP contribution in [0.4, 0.5) is 4.79 Å². The van der Waals surface area contributed by atoms with Gasteiger partial charge in [-0.25, -0.2) is 4.79 Å². The van der Waals surface area contributed by atoms with E-state index in [-0.39, 0.29) is 12.1 Å². The molecule has 0 radical (unpaired) electrons. The first kappa shape index (κ1) is 18.5. The maximum atomic E-state index is 12.0. The summed E-state index contributed by atoms with van der Waals surface area (Å²) in [5.74, 6) is -0.774. The lowest BCUT2D eigenvalue weighted by molar-refractivity contribution is -0.139. The van der Waals surface area contributed by atoms with Crippen molar-refractivity contribution in [2.24, 2.45) is 5.92 Å². The van der Waals surface area contributed by atoms with Crippen LogP contribution in [-0.2, 0) is 14.3 Å². The summed E-state index contributed by atoms with van der Waals surface area (Å²) in [7, 11) is 1.38. The van der Waals surface area contributed by atoms with Crippen molar-refractivity contribution in [3.63, 3.8) is 0 Å². The zero-order valence-electron chi connectivity index (χ0n) is 14.5. The van der Waals surface area contributed by atoms with E-state index in [9.17, 15) is 14.4 Å². The summed E-state index contributed by atoms with van der Waals surface area (Å²) in [6.45, 7) is 1.73. The highest BCUT2D eigenvalue weighted by Crippen LogP contribution is 2.18. The maximum absolute atomic E-state index is 12.0. The van der Waals surface area contributed by atoms with E-state index < -0.39 is 11.8 Å². The molecule has 0 aromatic carbocycles. The molecule has 0 unspecified atom stereocenters. The average molecular weight is 339 g/mol. The van der Waals surface area contributed by atoms with Crippen molar-refractivity contribution < 1.29 is 19.1 Å². The second-order valence-electron chi connectivity index (χ2n) is 6.77. The van der Waals surface area contributed by atoms with Crippen LogP contribution >= 0.6 is 0 Å². The lowest BCUT2D eigenvalue weighted by Gasteiger charge is -2.30. The van der Waals surface area contributed by atoms with Gasteiger partial charge in [-0.2, -0.15) is 0 Å². The molecule has 1 aliphatic heterocycles. The SMILES string of the molecule is COC(=O)N1CCC(CNC(=O)C(=O)NC2CCCCCC2)CC1. The molecule has 0 spiro atoms. The minimum absolute atomic E-state index is 0.133. The number of nitrogens with one attached hydrogen (secondary N) is 2. The van der Waals surface area contributed by atoms with E-state index in [2.05, 4.69) is 10.6 Å². The van der Waals surface area contributed by atoms with Gasteiger partial charge in [0.2, 0.25) is 0 Å². The van der Waals surface area contributed by atoms with Crippen molar-refractivity contribution in [1.82, 2.24) is 15.5 Å². The molecule has 2 aliphatic rings. The number of methoxy groups -OCH3 is 1. The number of ether oxygens (including phenoxy) is 1. The second-order valence-corrected chi connectivity index (χ2v) is 6.77. The third-order valence-corrected chi connectivity index (χ3v) is 5.00. The standard InChI is InChI=1S/C17H29N3O4/c1-24-17(23)20-10-8-13(9-11-20)12-18-15(21)16(22)19-14-6-4-2-3-5-7-14/h13-14H,2-12H2,1H3,(H,18,21)(H,19,22). The van der Waals surface area contributed by atoms with Crippen LogP contribution in [0.5, 0.6) is 0 Å². The van der Waals surface area contributed by atoms with Gasteiger partial charge >= 0.3 is 17.9 Å². The topological polar surface area (TPSA) is 87.7 Å². The van der Waals surface area contributed by atoms with E-state index in [1.807, 2.05) is 0 Å². The lowest BCUT2D eigenvalue weighted by Crippen LogP contribution is -2.47. The number of carbonyl (C=O) groups is 3. The molecule has 24 heavy (non-hydrogen) atoms. The summed E-state index contributed by atoms with van der Waals surface area (Å²) in [6.07, 6.45) is 7.89. The van der Waals surface area contributed by atoms with E-state index in [1.165, 1.54) is 20.0 Å². The first-order valence-electron chi connectivity index (χ1n) is 9.01. The van der Waals surface area contributed by atoms with Crippen LogP contribution < -0.4 is 10.6 Å². The van der Waals surface area contributed by atoms with E-state index in [0.717, 1.165) is 38.5 Å². The van der Waals surface area contributed by atoms with E-state index in [0.29, 0.717) is 25.6 Å². The van der Waals surface area contributed by atoms with Gasteiger partial charge in [-0.05, 0) is 31.6 Å². The summed E-state index contributed by atoms with van der Waals surface area (Å²) in [5, 5.41) is 5.59. The van der Waals surface area contributed by atoms with Gasteiger partial charge in [0, 0.05) is 25.7 Å². The Labute approximate surface area is 143 Å². The van der Waals surface area contributed by atoms with Crippen molar-refractivity contribution in [1.29, 1.82) is 0 Å². The molecule has 3 amide bonds. The molecule has 7 heteroatoms. The fourth-order valence-electron chi connectivity index (χ4n) is 3.44. The highest BCUT2D eigenvalue weighted by atomic mass is 16.5. The van der Waals surface area contributed by atoms with Crippen molar-refractivity contribution in [2.45, 2.75) is 57.4 Å². The molecule has 2 rings (SSSR count). The van der Waals surface area contributed by atoms with Crippen LogP contribution in [0.2, 0.25) is 0 Å². The van der Waals surface area contributed by atoms with Gasteiger partial charge in [0.25, 0.3) is 0 Å². The summed E-state index contributed by atoms with van der Waals surface area (Å²) in [5.41, 5.74) is 0. The van der Waals surface area contributed by atoms with Crippen LogP contribution in [0.15, 0.2) is 0 Å². The largest absolute Gasteiger partial charge is 0.453 e. The molecule has 0 atom stereocenters. The molecule has 0 aromatic rings. The fourth-order valence-corrected chi connectivity index (χ4v) is 3.44. The van der Waals surface area contributed by atoms with Crippen molar-refractivity contribution in [2.75, 3.05) is 26.7 Å². The average Bonchev–Trinajstić information content (AvgIpc) is 2.88. The molecule has 1 aliphatic carbocycles. The summed E-state index contributed by atoms with van der Waals surface area (Å²) in [4.78, 5) is 37.0.